The molecule has 0 aliphatic rings. The van der Waals surface area contributed by atoms with E-state index in [9.17, 15) is 4.79 Å². The van der Waals surface area contributed by atoms with Crippen LogP contribution in [-0.2, 0) is 6.54 Å². The molecule has 0 aliphatic carbocycles. The topological polar surface area (TPSA) is 55.1 Å². The molecule has 2 rings (SSSR count). The number of carboxylic acid groups (broad SMARTS) is 1. The minimum atomic E-state index is -0.896. The lowest BCUT2D eigenvalue weighted by molar-refractivity contribution is 0.0697. The Morgan fingerprint density at radius 2 is 1.83 bits per heavy atom. The molecule has 0 unspecified atom stereocenters. The number of aryl methyl sites for hydroxylation is 2. The molecule has 4 heteroatoms. The molecule has 0 fully saturated rings. The Bertz CT molecular complexity index is 583. The summed E-state index contributed by atoms with van der Waals surface area (Å²) in [6.07, 6.45) is 0. The Labute approximate surface area is 106 Å². The molecule has 1 aromatic heterocycles. The minimum Gasteiger partial charge on any atom is -0.478 e. The van der Waals surface area contributed by atoms with E-state index in [4.69, 9.17) is 5.11 Å². The summed E-state index contributed by atoms with van der Waals surface area (Å²) in [5.41, 5.74) is 3.57. The summed E-state index contributed by atoms with van der Waals surface area (Å²) in [7, 11) is 0. The molecule has 0 amide bonds. The van der Waals surface area contributed by atoms with E-state index in [-0.39, 0.29) is 0 Å². The molecule has 4 nitrogen and oxygen atoms in total. The number of nitrogens with zero attached hydrogens (tertiary/aromatic N) is 2. The van der Waals surface area contributed by atoms with Crippen molar-refractivity contribution in [3.05, 3.63) is 52.6 Å². The van der Waals surface area contributed by atoms with Gasteiger partial charge in [-0.1, -0.05) is 12.1 Å². The van der Waals surface area contributed by atoms with Crippen LogP contribution < -0.4 is 0 Å². The molecule has 0 saturated heterocycles. The number of aromatic carboxylic acids is 1. The monoisotopic (exact) mass is 244 g/mol. The molecule has 0 spiro atoms. The van der Waals surface area contributed by atoms with Gasteiger partial charge in [-0.2, -0.15) is 0 Å². The van der Waals surface area contributed by atoms with Crippen molar-refractivity contribution in [1.29, 1.82) is 0 Å². The van der Waals surface area contributed by atoms with Gasteiger partial charge < -0.3 is 9.67 Å². The lowest BCUT2D eigenvalue weighted by Crippen LogP contribution is -2.05. The Morgan fingerprint density at radius 3 is 2.28 bits per heavy atom. The van der Waals surface area contributed by atoms with E-state index in [1.807, 2.05) is 32.9 Å². The molecular formula is C14H16N2O2. The number of hydrogen-bond acceptors (Lipinski definition) is 2. The van der Waals surface area contributed by atoms with E-state index in [0.717, 1.165) is 29.3 Å². The molecule has 1 aromatic carbocycles. The predicted octanol–water partition coefficient (Wildman–Crippen LogP) is 2.55. The first kappa shape index (κ1) is 12.4. The second-order valence-corrected chi connectivity index (χ2v) is 4.42. The Hall–Kier alpha value is -2.10. The number of imidazole rings is 1. The zero-order chi connectivity index (χ0) is 13.3. The molecule has 0 aliphatic heterocycles. The molecule has 0 bridgehead atoms. The first-order valence-electron chi connectivity index (χ1n) is 5.81. The standard InChI is InChI=1S/C14H16N2O2/c1-9-10(2)16(11(3)15-9)8-12-4-6-13(7-5-12)14(17)18/h4-7H,8H2,1-3H3,(H,17,18). The quantitative estimate of drug-likeness (QED) is 0.902. The summed E-state index contributed by atoms with van der Waals surface area (Å²) < 4.78 is 2.13. The highest BCUT2D eigenvalue weighted by molar-refractivity contribution is 5.87. The fourth-order valence-corrected chi connectivity index (χ4v) is 1.99. The predicted molar refractivity (Wildman–Crippen MR) is 68.9 cm³/mol. The summed E-state index contributed by atoms with van der Waals surface area (Å²) in [5.74, 6) is 0.0831. The van der Waals surface area contributed by atoms with Crippen molar-refractivity contribution >= 4 is 5.97 Å². The van der Waals surface area contributed by atoms with Gasteiger partial charge in [-0.3, -0.25) is 0 Å². The first-order valence-corrected chi connectivity index (χ1v) is 5.81. The van der Waals surface area contributed by atoms with Crippen molar-refractivity contribution in [2.75, 3.05) is 0 Å². The Balaban J connectivity index is 2.26. The third-order valence-corrected chi connectivity index (χ3v) is 3.19. The number of carbonyl (C=O) groups is 1. The van der Waals surface area contributed by atoms with Gasteiger partial charge in [-0.25, -0.2) is 9.78 Å². The molecule has 0 radical (unpaired) electrons. The fourth-order valence-electron chi connectivity index (χ4n) is 1.99. The maximum Gasteiger partial charge on any atom is 0.335 e. The summed E-state index contributed by atoms with van der Waals surface area (Å²) in [6, 6.07) is 6.95. The number of aromatic nitrogens is 2. The Morgan fingerprint density at radius 1 is 1.22 bits per heavy atom. The van der Waals surface area contributed by atoms with Crippen molar-refractivity contribution in [3.8, 4) is 0 Å². The smallest absolute Gasteiger partial charge is 0.335 e. The summed E-state index contributed by atoms with van der Waals surface area (Å²) >= 11 is 0. The van der Waals surface area contributed by atoms with Gasteiger partial charge in [-0.15, -0.1) is 0 Å². The molecular weight excluding hydrogens is 228 g/mol. The molecule has 94 valence electrons. The largest absolute Gasteiger partial charge is 0.478 e. The maximum atomic E-state index is 10.8. The van der Waals surface area contributed by atoms with Gasteiger partial charge in [0.05, 0.1) is 11.3 Å². The van der Waals surface area contributed by atoms with Crippen LogP contribution in [0, 0.1) is 20.8 Å². The van der Waals surface area contributed by atoms with Crippen molar-refractivity contribution in [2.45, 2.75) is 27.3 Å². The van der Waals surface area contributed by atoms with Gasteiger partial charge in [0, 0.05) is 12.2 Å². The average Bonchev–Trinajstić information content (AvgIpc) is 2.57. The summed E-state index contributed by atoms with van der Waals surface area (Å²) in [6.45, 7) is 6.73. The lowest BCUT2D eigenvalue weighted by Gasteiger charge is -2.08. The highest BCUT2D eigenvalue weighted by Crippen LogP contribution is 2.13. The zero-order valence-electron chi connectivity index (χ0n) is 10.8. The molecule has 18 heavy (non-hydrogen) atoms. The van der Waals surface area contributed by atoms with Crippen LogP contribution in [0.3, 0.4) is 0 Å². The van der Waals surface area contributed by atoms with Gasteiger partial charge in [-0.05, 0) is 38.5 Å². The number of carboxylic acids is 1. The van der Waals surface area contributed by atoms with E-state index < -0.39 is 5.97 Å². The first-order chi connectivity index (χ1) is 8.49. The highest BCUT2D eigenvalue weighted by Gasteiger charge is 2.08. The van der Waals surface area contributed by atoms with Crippen molar-refractivity contribution in [1.82, 2.24) is 9.55 Å². The van der Waals surface area contributed by atoms with Gasteiger partial charge in [0.25, 0.3) is 0 Å². The van der Waals surface area contributed by atoms with Crippen LogP contribution in [0.4, 0.5) is 0 Å². The highest BCUT2D eigenvalue weighted by atomic mass is 16.4. The van der Waals surface area contributed by atoms with Gasteiger partial charge in [0.2, 0.25) is 0 Å². The van der Waals surface area contributed by atoms with Gasteiger partial charge in [0.15, 0.2) is 0 Å². The zero-order valence-corrected chi connectivity index (χ0v) is 10.8. The summed E-state index contributed by atoms with van der Waals surface area (Å²) in [5, 5.41) is 8.84. The van der Waals surface area contributed by atoms with E-state index in [0.29, 0.717) is 5.56 Å². The van der Waals surface area contributed by atoms with Crippen LogP contribution in [0.5, 0.6) is 0 Å². The van der Waals surface area contributed by atoms with E-state index >= 15 is 0 Å². The lowest BCUT2D eigenvalue weighted by atomic mass is 10.1. The van der Waals surface area contributed by atoms with Gasteiger partial charge >= 0.3 is 5.97 Å². The SMILES string of the molecule is Cc1nc(C)n(Cc2ccc(C(=O)O)cc2)c1C. The van der Waals surface area contributed by atoms with Crippen molar-refractivity contribution < 1.29 is 9.90 Å². The third-order valence-electron chi connectivity index (χ3n) is 3.19. The Kier molecular flexibility index (Phi) is 3.19. The van der Waals surface area contributed by atoms with Crippen LogP contribution >= 0.6 is 0 Å². The summed E-state index contributed by atoms with van der Waals surface area (Å²) in [4.78, 5) is 15.2. The molecule has 0 saturated carbocycles. The van der Waals surface area contributed by atoms with E-state index in [1.165, 1.54) is 0 Å². The van der Waals surface area contributed by atoms with Crippen LogP contribution in [-0.4, -0.2) is 20.6 Å². The van der Waals surface area contributed by atoms with Crippen molar-refractivity contribution in [2.24, 2.45) is 0 Å². The fraction of sp³-hybridized carbons (Fsp3) is 0.286. The average molecular weight is 244 g/mol. The number of rotatable bonds is 3. The number of benzene rings is 1. The third kappa shape index (κ3) is 2.27. The van der Waals surface area contributed by atoms with Gasteiger partial charge in [0.1, 0.15) is 5.82 Å². The van der Waals surface area contributed by atoms with Crippen molar-refractivity contribution in [3.63, 3.8) is 0 Å². The maximum absolute atomic E-state index is 10.8. The van der Waals surface area contributed by atoms with Crippen LogP contribution in [0.1, 0.15) is 33.1 Å². The normalized spacial score (nSPS) is 10.6. The molecule has 1 N–H and O–H groups in total. The number of hydrogen-bond donors (Lipinski definition) is 1. The van der Waals surface area contributed by atoms with Crippen LogP contribution in [0.2, 0.25) is 0 Å². The van der Waals surface area contributed by atoms with E-state index in [1.54, 1.807) is 12.1 Å². The van der Waals surface area contributed by atoms with Crippen LogP contribution in [0.25, 0.3) is 0 Å². The van der Waals surface area contributed by atoms with E-state index in [2.05, 4.69) is 9.55 Å². The minimum absolute atomic E-state index is 0.314. The van der Waals surface area contributed by atoms with Crippen LogP contribution in [0.15, 0.2) is 24.3 Å². The molecule has 1 heterocycles. The second kappa shape index (κ2) is 4.64. The molecule has 2 aromatic rings. The second-order valence-electron chi connectivity index (χ2n) is 4.42. The molecule has 0 atom stereocenters.